The van der Waals surface area contributed by atoms with Gasteiger partial charge in [-0.25, -0.2) is 24.2 Å². The molecule has 0 radical (unpaired) electrons. The van der Waals surface area contributed by atoms with Gasteiger partial charge in [-0.05, 0) is 100 Å². The molecule has 22 nitrogen and oxygen atoms in total. The number of nitrogen functional groups attached to an aromatic ring is 1. The molecule has 3 aliphatic rings. The second-order valence-electron chi connectivity index (χ2n) is 16.1. The minimum atomic E-state index is -1.17. The standard InChI is InChI=1S/C18H18N2O3.C12H13NO4.C12H11NO3.C8H11NO.C6H7NO.C4H2O3.H2O/c1-2-23-16-11-7-6-10-15(16)20-17(21)12-14(18(20)22)19-13-8-4-3-5-9-13;1-2-17-10-6-4-3-5-9(10)13-11(14)7-8-12(15)16;1-2-16-10-6-4-3-5-9(10)13-11(14)7-8-12(13)15;1-2-10-8-6-4-3-5-7(8)9;8-7-6-4-2-1-3-5-6;5-3-1-2-4(6)7-3;/h3-11,14,19H,2,12H2,1H3;3-8H,2H2,1H3,(H,13,14)(H,15,16);3-8H,2H2,1H3;3-6H,2,9H2,1H3;1-5,7-8H;1-2H;1H2/b;8-7-;;;;;. The highest BCUT2D eigenvalue weighted by atomic mass is 16.6. The van der Waals surface area contributed by atoms with E-state index in [1.165, 1.54) is 17.1 Å². The van der Waals surface area contributed by atoms with Crippen molar-refractivity contribution in [1.82, 2.24) is 0 Å². The first-order valence-electron chi connectivity index (χ1n) is 25.1. The van der Waals surface area contributed by atoms with E-state index in [0.29, 0.717) is 72.1 Å². The highest BCUT2D eigenvalue weighted by Gasteiger charge is 2.40. The summed E-state index contributed by atoms with van der Waals surface area (Å²) in [4.78, 5) is 91.8. The van der Waals surface area contributed by atoms with Gasteiger partial charge >= 0.3 is 17.9 Å². The van der Waals surface area contributed by atoms with Gasteiger partial charge in [0.2, 0.25) is 11.8 Å². The van der Waals surface area contributed by atoms with Gasteiger partial charge in [0.1, 0.15) is 29.0 Å². The van der Waals surface area contributed by atoms with Gasteiger partial charge in [-0.2, -0.15) is 0 Å². The van der Waals surface area contributed by atoms with Crippen LogP contribution in [0.25, 0.3) is 0 Å². The number of nitrogens with two attached hydrogens (primary N) is 1. The molecule has 0 spiro atoms. The fraction of sp³-hybridized carbons (Fsp3) is 0.167. The molecule has 9 rings (SSSR count). The summed E-state index contributed by atoms with van der Waals surface area (Å²) in [5, 5.41) is 22.3. The summed E-state index contributed by atoms with van der Waals surface area (Å²) in [6.07, 6.45) is 6.54. The number of carbonyl (C=O) groups excluding carboxylic acids is 7. The number of carboxylic acids is 1. The normalized spacial score (nSPS) is 13.4. The molecule has 3 aliphatic heterocycles. The molecule has 1 atom stereocenters. The number of amides is 5. The molecule has 430 valence electrons. The molecule has 82 heavy (non-hydrogen) atoms. The van der Waals surface area contributed by atoms with E-state index in [1.807, 2.05) is 112 Å². The largest absolute Gasteiger partial charge is 0.492 e. The van der Waals surface area contributed by atoms with Crippen LogP contribution >= 0.6 is 0 Å². The van der Waals surface area contributed by atoms with E-state index in [9.17, 15) is 38.4 Å². The fourth-order valence-corrected chi connectivity index (χ4v) is 6.97. The summed E-state index contributed by atoms with van der Waals surface area (Å²) >= 11 is 0. The molecule has 0 aliphatic carbocycles. The van der Waals surface area contributed by atoms with Crippen molar-refractivity contribution < 1.29 is 77.8 Å². The number of ether oxygens (including phenoxy) is 5. The minimum Gasteiger partial charge on any atom is -0.492 e. The molecule has 3 heterocycles. The number of cyclic esters (lactones) is 2. The van der Waals surface area contributed by atoms with Crippen LogP contribution in [0.1, 0.15) is 34.1 Å². The Kier molecular flexibility index (Phi) is 28.7. The number of carbonyl (C=O) groups is 8. The maximum atomic E-state index is 12.7. The summed E-state index contributed by atoms with van der Waals surface area (Å²) in [5.41, 5.74) is 11.3. The van der Waals surface area contributed by atoms with Crippen molar-refractivity contribution in [2.75, 3.05) is 58.1 Å². The van der Waals surface area contributed by atoms with Gasteiger partial charge in [-0.3, -0.25) is 34.7 Å². The molecular weight excluding hydrogens is 1060 g/mol. The summed E-state index contributed by atoms with van der Waals surface area (Å²) in [5.74, 6) is -1.60. The summed E-state index contributed by atoms with van der Waals surface area (Å²) in [6.45, 7) is 9.59. The van der Waals surface area contributed by atoms with Gasteiger partial charge in [-0.15, -0.1) is 0 Å². The third-order valence-corrected chi connectivity index (χ3v) is 10.4. The minimum absolute atomic E-state index is 0. The number of hydrogen-bond acceptors (Lipinski definition) is 17. The molecule has 6 aromatic rings. The number of benzene rings is 6. The molecule has 0 bridgehead atoms. The Morgan fingerprint density at radius 3 is 1.45 bits per heavy atom. The lowest BCUT2D eigenvalue weighted by Gasteiger charge is -2.19. The van der Waals surface area contributed by atoms with Crippen LogP contribution in [-0.2, 0) is 43.1 Å². The zero-order chi connectivity index (χ0) is 58.9. The zero-order valence-electron chi connectivity index (χ0n) is 45.3. The van der Waals surface area contributed by atoms with Crippen molar-refractivity contribution in [3.8, 4) is 23.0 Å². The lowest BCUT2D eigenvalue weighted by Crippen LogP contribution is -2.35. The maximum absolute atomic E-state index is 12.7. The van der Waals surface area contributed by atoms with Crippen molar-refractivity contribution >= 4 is 81.6 Å². The number of hydrogen-bond donors (Lipinski definition) is 6. The average Bonchev–Trinajstić information content (AvgIpc) is 4.16. The predicted octanol–water partition coefficient (Wildman–Crippen LogP) is 7.97. The molecule has 9 N–H and O–H groups in total. The van der Waals surface area contributed by atoms with Gasteiger partial charge in [0.25, 0.3) is 17.7 Å². The van der Waals surface area contributed by atoms with Crippen LogP contribution in [0, 0.1) is 0 Å². The number of aliphatic carboxylic acids is 1. The highest BCUT2D eigenvalue weighted by molar-refractivity contribution is 6.28. The Morgan fingerprint density at radius 1 is 0.561 bits per heavy atom. The summed E-state index contributed by atoms with van der Waals surface area (Å²) in [6, 6.07) is 46.5. The Balaban J connectivity index is 0.000000269. The van der Waals surface area contributed by atoms with Crippen molar-refractivity contribution in [2.45, 2.75) is 40.2 Å². The Hall–Kier alpha value is -10.6. The Bertz CT molecular complexity index is 3120. The van der Waals surface area contributed by atoms with E-state index in [2.05, 4.69) is 15.4 Å². The van der Waals surface area contributed by atoms with E-state index >= 15 is 0 Å². The number of para-hydroxylation sites is 10. The predicted molar refractivity (Wildman–Crippen MR) is 309 cm³/mol. The number of anilines is 6. The smallest absolute Gasteiger partial charge is 0.338 e. The SMILES string of the molecule is CCOc1ccccc1N.CCOc1ccccc1N1C(=O)C=CC1=O.CCOc1ccccc1N1C(=O)CC(Nc2ccccc2)C1=O.CCOc1ccccc1NC(=O)/C=C\C(=O)O.O.O=C1C=CC(=O)O1.ONc1ccccc1. The molecule has 0 saturated carbocycles. The van der Waals surface area contributed by atoms with Crippen molar-refractivity contribution in [1.29, 1.82) is 0 Å². The van der Waals surface area contributed by atoms with Crippen LogP contribution in [0.4, 0.5) is 34.1 Å². The van der Waals surface area contributed by atoms with Gasteiger partial charge in [-0.1, -0.05) is 84.9 Å². The highest BCUT2D eigenvalue weighted by Crippen LogP contribution is 2.33. The topological polar surface area (TPSA) is 323 Å². The van der Waals surface area contributed by atoms with Crippen molar-refractivity contribution in [3.05, 3.63) is 194 Å². The first-order valence-corrected chi connectivity index (χ1v) is 25.1. The van der Waals surface area contributed by atoms with E-state index in [4.69, 9.17) is 35.0 Å². The summed E-state index contributed by atoms with van der Waals surface area (Å²) in [7, 11) is 0. The van der Waals surface area contributed by atoms with Gasteiger partial charge in [0.15, 0.2) is 0 Å². The van der Waals surface area contributed by atoms with Gasteiger partial charge < -0.3 is 50.6 Å². The average molecular weight is 1130 g/mol. The molecule has 1 unspecified atom stereocenters. The van der Waals surface area contributed by atoms with E-state index < -0.39 is 29.9 Å². The van der Waals surface area contributed by atoms with Crippen LogP contribution in [0.3, 0.4) is 0 Å². The Morgan fingerprint density at radius 2 is 0.988 bits per heavy atom. The second kappa shape index (κ2) is 35.8. The number of carboxylic acid groups (broad SMARTS) is 1. The molecule has 1 saturated heterocycles. The van der Waals surface area contributed by atoms with Crippen LogP contribution in [0.5, 0.6) is 23.0 Å². The van der Waals surface area contributed by atoms with Gasteiger partial charge in [0.05, 0.1) is 61.3 Å². The van der Waals surface area contributed by atoms with Crippen molar-refractivity contribution in [2.24, 2.45) is 0 Å². The molecule has 5 amide bonds. The number of rotatable bonds is 16. The molecular formula is C60H64N6O16. The maximum Gasteiger partial charge on any atom is 0.338 e. The van der Waals surface area contributed by atoms with E-state index in [1.54, 1.807) is 78.9 Å². The molecule has 6 aromatic carbocycles. The quantitative estimate of drug-likeness (QED) is 0.0134. The first kappa shape index (κ1) is 65.7. The van der Waals surface area contributed by atoms with Crippen LogP contribution < -0.4 is 50.6 Å². The third-order valence-electron chi connectivity index (χ3n) is 10.4. The number of esters is 2. The van der Waals surface area contributed by atoms with E-state index in [-0.39, 0.29) is 35.5 Å². The number of imide groups is 2. The second-order valence-corrected chi connectivity index (χ2v) is 16.1. The van der Waals surface area contributed by atoms with Crippen molar-refractivity contribution in [3.63, 3.8) is 0 Å². The molecule has 0 aromatic heterocycles. The van der Waals surface area contributed by atoms with E-state index in [0.717, 1.165) is 40.6 Å². The Labute approximate surface area is 473 Å². The lowest BCUT2D eigenvalue weighted by atomic mass is 10.2. The zero-order valence-corrected chi connectivity index (χ0v) is 45.3. The van der Waals surface area contributed by atoms with Crippen LogP contribution in [-0.4, -0.2) is 95.7 Å². The molecule has 1 fully saturated rings. The monoisotopic (exact) mass is 1120 g/mol. The third kappa shape index (κ3) is 21.7. The molecule has 22 heteroatoms. The number of nitrogens with one attached hydrogen (secondary N) is 3. The number of nitrogens with zero attached hydrogens (tertiary/aromatic N) is 2. The van der Waals surface area contributed by atoms with Gasteiger partial charge in [0, 0.05) is 42.1 Å². The fourth-order valence-electron chi connectivity index (χ4n) is 6.97. The van der Waals surface area contributed by atoms with Crippen LogP contribution in [0.2, 0.25) is 0 Å². The lowest BCUT2D eigenvalue weighted by molar-refractivity contribution is -0.150. The first-order chi connectivity index (χ1) is 39.1. The van der Waals surface area contributed by atoms with Crippen LogP contribution in [0.15, 0.2) is 194 Å². The summed E-state index contributed by atoms with van der Waals surface area (Å²) < 4.78 is 25.4.